The molecule has 0 unspecified atom stereocenters. The Hall–Kier alpha value is -2.29. The number of hydrogen-bond donors (Lipinski definition) is 0. The smallest absolute Gasteiger partial charge is 0.150 e. The van der Waals surface area contributed by atoms with E-state index in [1.807, 2.05) is 12.1 Å². The molecule has 0 radical (unpaired) electrons. The normalized spacial score (nSPS) is 10.4. The molecule has 110 valence electrons. The Bertz CT molecular complexity index is 556. The molecule has 0 heterocycles. The van der Waals surface area contributed by atoms with Gasteiger partial charge in [0.1, 0.15) is 31.0 Å². The lowest BCUT2D eigenvalue weighted by molar-refractivity contribution is 0.112. The van der Waals surface area contributed by atoms with Gasteiger partial charge in [0.15, 0.2) is 0 Å². The molecule has 0 saturated heterocycles. The fraction of sp³-hybridized carbons (Fsp3) is 0.278. The predicted molar refractivity (Wildman–Crippen MR) is 83.4 cm³/mol. The van der Waals surface area contributed by atoms with Gasteiger partial charge in [-0.1, -0.05) is 26.0 Å². The summed E-state index contributed by atoms with van der Waals surface area (Å²) in [7, 11) is 0. The molecule has 0 saturated carbocycles. The minimum Gasteiger partial charge on any atom is -0.490 e. The lowest BCUT2D eigenvalue weighted by Crippen LogP contribution is -2.09. The van der Waals surface area contributed by atoms with Crippen molar-refractivity contribution < 1.29 is 14.3 Å². The van der Waals surface area contributed by atoms with E-state index in [4.69, 9.17) is 9.47 Å². The minimum atomic E-state index is 0.465. The number of benzene rings is 2. The molecular formula is C18H20O3. The molecule has 2 rings (SSSR count). The highest BCUT2D eigenvalue weighted by Gasteiger charge is 2.00. The van der Waals surface area contributed by atoms with Crippen molar-refractivity contribution in [3.05, 3.63) is 59.7 Å². The zero-order valence-electron chi connectivity index (χ0n) is 12.4. The zero-order valence-corrected chi connectivity index (χ0v) is 12.4. The summed E-state index contributed by atoms with van der Waals surface area (Å²) in [6.07, 6.45) is 0.813. The quantitative estimate of drug-likeness (QED) is 0.567. The van der Waals surface area contributed by atoms with E-state index in [1.165, 1.54) is 5.56 Å². The summed E-state index contributed by atoms with van der Waals surface area (Å²) in [6.45, 7) is 5.28. The van der Waals surface area contributed by atoms with Gasteiger partial charge in [0.25, 0.3) is 0 Å². The molecule has 2 aromatic carbocycles. The predicted octanol–water partition coefficient (Wildman–Crippen LogP) is 4.08. The van der Waals surface area contributed by atoms with Crippen LogP contribution in [0.4, 0.5) is 0 Å². The highest BCUT2D eigenvalue weighted by Crippen LogP contribution is 2.18. The third kappa shape index (κ3) is 4.63. The lowest BCUT2D eigenvalue weighted by Gasteiger charge is -2.10. The molecule has 0 aromatic heterocycles. The van der Waals surface area contributed by atoms with Gasteiger partial charge in [-0.2, -0.15) is 0 Å². The minimum absolute atomic E-state index is 0.465. The Balaban J connectivity index is 1.74. The second-order valence-corrected chi connectivity index (χ2v) is 5.11. The molecule has 0 aliphatic heterocycles. The summed E-state index contributed by atoms with van der Waals surface area (Å²) in [6, 6.07) is 15.1. The number of hydrogen-bond acceptors (Lipinski definition) is 3. The van der Waals surface area contributed by atoms with Crippen molar-refractivity contribution in [2.45, 2.75) is 19.8 Å². The standard InChI is InChI=1S/C18H20O3/c1-14(2)16-5-9-18(10-6-16)21-12-11-20-17-7-3-15(13-19)4-8-17/h3-10,13-14H,11-12H2,1-2H3. The van der Waals surface area contributed by atoms with E-state index in [-0.39, 0.29) is 0 Å². The van der Waals surface area contributed by atoms with Crippen LogP contribution in [0.5, 0.6) is 11.5 Å². The van der Waals surface area contributed by atoms with Gasteiger partial charge in [-0.3, -0.25) is 4.79 Å². The van der Waals surface area contributed by atoms with Gasteiger partial charge in [0.2, 0.25) is 0 Å². The zero-order chi connectivity index (χ0) is 15.1. The van der Waals surface area contributed by atoms with Crippen LogP contribution in [-0.2, 0) is 0 Å². The van der Waals surface area contributed by atoms with Gasteiger partial charge in [0.05, 0.1) is 0 Å². The fourth-order valence-electron chi connectivity index (χ4n) is 1.91. The van der Waals surface area contributed by atoms with E-state index in [1.54, 1.807) is 24.3 Å². The van der Waals surface area contributed by atoms with Crippen molar-refractivity contribution in [3.63, 3.8) is 0 Å². The Morgan fingerprint density at radius 1 is 0.857 bits per heavy atom. The molecule has 21 heavy (non-hydrogen) atoms. The third-order valence-corrected chi connectivity index (χ3v) is 3.18. The average Bonchev–Trinajstić information content (AvgIpc) is 2.52. The largest absolute Gasteiger partial charge is 0.490 e. The van der Waals surface area contributed by atoms with Crippen LogP contribution >= 0.6 is 0 Å². The van der Waals surface area contributed by atoms with Crippen molar-refractivity contribution in [1.29, 1.82) is 0 Å². The number of aldehydes is 1. The van der Waals surface area contributed by atoms with Crippen LogP contribution in [0.15, 0.2) is 48.5 Å². The van der Waals surface area contributed by atoms with Crippen LogP contribution in [0.3, 0.4) is 0 Å². The number of carbonyl (C=O) groups is 1. The Morgan fingerprint density at radius 2 is 1.33 bits per heavy atom. The van der Waals surface area contributed by atoms with E-state index >= 15 is 0 Å². The molecule has 0 fully saturated rings. The Labute approximate surface area is 125 Å². The first-order chi connectivity index (χ1) is 10.2. The summed E-state index contributed by atoms with van der Waals surface area (Å²) in [5.41, 5.74) is 1.94. The van der Waals surface area contributed by atoms with E-state index in [2.05, 4.69) is 26.0 Å². The maximum atomic E-state index is 10.5. The van der Waals surface area contributed by atoms with Gasteiger partial charge < -0.3 is 9.47 Å². The Morgan fingerprint density at radius 3 is 1.76 bits per heavy atom. The number of ether oxygens (including phenoxy) is 2. The molecule has 0 N–H and O–H groups in total. The van der Waals surface area contributed by atoms with Crippen LogP contribution in [0, 0.1) is 0 Å². The molecule has 3 heteroatoms. The summed E-state index contributed by atoms with van der Waals surface area (Å²) >= 11 is 0. The first-order valence-electron chi connectivity index (χ1n) is 7.10. The van der Waals surface area contributed by atoms with Gasteiger partial charge in [0, 0.05) is 5.56 Å². The molecule has 0 atom stereocenters. The third-order valence-electron chi connectivity index (χ3n) is 3.18. The highest BCUT2D eigenvalue weighted by atomic mass is 16.5. The molecule has 0 aliphatic carbocycles. The van der Waals surface area contributed by atoms with Gasteiger partial charge in [-0.15, -0.1) is 0 Å². The molecule has 0 aliphatic rings. The average molecular weight is 284 g/mol. The van der Waals surface area contributed by atoms with Crippen molar-refractivity contribution in [2.75, 3.05) is 13.2 Å². The lowest BCUT2D eigenvalue weighted by atomic mass is 10.0. The van der Waals surface area contributed by atoms with Crippen LogP contribution in [0.1, 0.15) is 35.7 Å². The first kappa shape index (κ1) is 15.1. The summed E-state index contributed by atoms with van der Waals surface area (Å²) in [4.78, 5) is 10.5. The molecule has 0 amide bonds. The molecule has 2 aromatic rings. The van der Waals surface area contributed by atoms with Crippen molar-refractivity contribution in [2.24, 2.45) is 0 Å². The van der Waals surface area contributed by atoms with E-state index in [9.17, 15) is 4.79 Å². The topological polar surface area (TPSA) is 35.5 Å². The Kier molecular flexibility index (Phi) is 5.38. The van der Waals surface area contributed by atoms with E-state index < -0.39 is 0 Å². The maximum Gasteiger partial charge on any atom is 0.150 e. The first-order valence-corrected chi connectivity index (χ1v) is 7.10. The van der Waals surface area contributed by atoms with Crippen molar-refractivity contribution in [1.82, 2.24) is 0 Å². The summed E-state index contributed by atoms with van der Waals surface area (Å²) < 4.78 is 11.2. The molecule has 0 spiro atoms. The number of rotatable bonds is 7. The SMILES string of the molecule is CC(C)c1ccc(OCCOc2ccc(C=O)cc2)cc1. The molecule has 0 bridgehead atoms. The van der Waals surface area contributed by atoms with Gasteiger partial charge in [-0.25, -0.2) is 0 Å². The highest BCUT2D eigenvalue weighted by molar-refractivity contribution is 5.74. The van der Waals surface area contributed by atoms with Gasteiger partial charge in [-0.05, 0) is 47.9 Å². The number of carbonyl (C=O) groups excluding carboxylic acids is 1. The summed E-state index contributed by atoms with van der Waals surface area (Å²) in [5, 5.41) is 0. The second-order valence-electron chi connectivity index (χ2n) is 5.11. The van der Waals surface area contributed by atoms with Crippen LogP contribution in [-0.4, -0.2) is 19.5 Å². The summed E-state index contributed by atoms with van der Waals surface area (Å²) in [5.74, 6) is 2.11. The maximum absolute atomic E-state index is 10.5. The van der Waals surface area contributed by atoms with Crippen LogP contribution < -0.4 is 9.47 Å². The molecular weight excluding hydrogens is 264 g/mol. The van der Waals surface area contributed by atoms with Crippen LogP contribution in [0.2, 0.25) is 0 Å². The molecule has 3 nitrogen and oxygen atoms in total. The van der Waals surface area contributed by atoms with Gasteiger partial charge >= 0.3 is 0 Å². The fourth-order valence-corrected chi connectivity index (χ4v) is 1.91. The monoisotopic (exact) mass is 284 g/mol. The van der Waals surface area contributed by atoms with E-state index in [0.29, 0.717) is 24.7 Å². The van der Waals surface area contributed by atoms with Crippen molar-refractivity contribution >= 4 is 6.29 Å². The van der Waals surface area contributed by atoms with Crippen LogP contribution in [0.25, 0.3) is 0 Å². The van der Waals surface area contributed by atoms with Crippen molar-refractivity contribution in [3.8, 4) is 11.5 Å². The second kappa shape index (κ2) is 7.48. The van der Waals surface area contributed by atoms with E-state index in [0.717, 1.165) is 17.8 Å².